The molecule has 0 saturated carbocycles. The lowest BCUT2D eigenvalue weighted by Gasteiger charge is -2.22. The number of aromatic amines is 1. The molecule has 0 bridgehead atoms. The maximum Gasteiger partial charge on any atom is 0.142 e. The second kappa shape index (κ2) is 7.43. The number of nitrogens with zero attached hydrogens (tertiary/aromatic N) is 5. The second-order valence-corrected chi connectivity index (χ2v) is 9.45. The standard InChI is InChI=1S/C25H28N6O2/c1-13-22(14(2)33-30-13)18-11-19-17(12-21(18)32-7)23-20(27-15(3)28-24(23)29-19)10-16-8-9-26-31(16)25(4,5)6/h8-9,11-12H,10H2,1-7H3,(H,27,28,29). The Balaban J connectivity index is 1.74. The topological polar surface area (TPSA) is 94.7 Å². The molecule has 4 aromatic heterocycles. The van der Waals surface area contributed by atoms with Crippen LogP contribution in [0.25, 0.3) is 33.1 Å². The Morgan fingerprint density at radius 3 is 2.58 bits per heavy atom. The van der Waals surface area contributed by atoms with E-state index in [4.69, 9.17) is 19.2 Å². The van der Waals surface area contributed by atoms with E-state index in [0.29, 0.717) is 6.42 Å². The van der Waals surface area contributed by atoms with Crippen molar-refractivity contribution in [2.45, 2.75) is 53.5 Å². The fourth-order valence-electron chi connectivity index (χ4n) is 4.62. The first-order valence-corrected chi connectivity index (χ1v) is 11.0. The van der Waals surface area contributed by atoms with Crippen LogP contribution in [0.2, 0.25) is 0 Å². The van der Waals surface area contributed by atoms with E-state index in [-0.39, 0.29) is 5.54 Å². The molecule has 0 fully saturated rings. The summed E-state index contributed by atoms with van der Waals surface area (Å²) in [6.45, 7) is 12.2. The fourth-order valence-corrected chi connectivity index (χ4v) is 4.62. The number of benzene rings is 1. The second-order valence-electron chi connectivity index (χ2n) is 9.45. The average Bonchev–Trinajstić information content (AvgIpc) is 3.43. The molecule has 5 rings (SSSR count). The number of aromatic nitrogens is 6. The number of fused-ring (bicyclic) bond motifs is 3. The van der Waals surface area contributed by atoms with Crippen LogP contribution in [0, 0.1) is 20.8 Å². The quantitative estimate of drug-likeness (QED) is 0.407. The first-order chi connectivity index (χ1) is 15.7. The molecule has 0 spiro atoms. The van der Waals surface area contributed by atoms with Crippen molar-refractivity contribution in [2.24, 2.45) is 0 Å². The maximum absolute atomic E-state index is 5.80. The molecule has 0 radical (unpaired) electrons. The van der Waals surface area contributed by atoms with Crippen molar-refractivity contribution < 1.29 is 9.26 Å². The van der Waals surface area contributed by atoms with Gasteiger partial charge in [-0.1, -0.05) is 5.16 Å². The van der Waals surface area contributed by atoms with E-state index in [1.807, 2.05) is 27.0 Å². The molecule has 0 aliphatic heterocycles. The molecule has 8 nitrogen and oxygen atoms in total. The summed E-state index contributed by atoms with van der Waals surface area (Å²) in [7, 11) is 1.68. The Labute approximate surface area is 192 Å². The van der Waals surface area contributed by atoms with Crippen molar-refractivity contribution >= 4 is 21.9 Å². The van der Waals surface area contributed by atoms with Crippen LogP contribution in [-0.4, -0.2) is 37.0 Å². The average molecular weight is 445 g/mol. The smallest absolute Gasteiger partial charge is 0.142 e. The van der Waals surface area contributed by atoms with Gasteiger partial charge >= 0.3 is 0 Å². The SMILES string of the molecule is COc1cc2c(cc1-c1c(C)noc1C)[nH]c1nc(C)nc(Cc3ccnn3C(C)(C)C)c12. The summed E-state index contributed by atoms with van der Waals surface area (Å²) in [5.74, 6) is 2.24. The van der Waals surface area contributed by atoms with E-state index in [2.05, 4.69) is 58.9 Å². The van der Waals surface area contributed by atoms with Gasteiger partial charge < -0.3 is 14.2 Å². The Morgan fingerprint density at radius 1 is 1.12 bits per heavy atom. The molecular formula is C25H28N6O2. The molecule has 33 heavy (non-hydrogen) atoms. The Hall–Kier alpha value is -3.68. The number of hydrogen-bond donors (Lipinski definition) is 1. The summed E-state index contributed by atoms with van der Waals surface area (Å²) in [4.78, 5) is 13.0. The highest BCUT2D eigenvalue weighted by molar-refractivity contribution is 6.09. The van der Waals surface area contributed by atoms with Gasteiger partial charge in [-0.3, -0.25) is 4.68 Å². The Kier molecular flexibility index (Phi) is 4.77. The predicted octanol–water partition coefficient (Wildman–Crippen LogP) is 5.24. The summed E-state index contributed by atoms with van der Waals surface area (Å²) in [6.07, 6.45) is 2.50. The molecule has 170 valence electrons. The van der Waals surface area contributed by atoms with Crippen molar-refractivity contribution in [2.75, 3.05) is 7.11 Å². The van der Waals surface area contributed by atoms with Gasteiger partial charge in [0.2, 0.25) is 0 Å². The van der Waals surface area contributed by atoms with Crippen LogP contribution in [0.15, 0.2) is 28.9 Å². The predicted molar refractivity (Wildman–Crippen MR) is 128 cm³/mol. The van der Waals surface area contributed by atoms with Gasteiger partial charge in [-0.25, -0.2) is 9.97 Å². The first-order valence-electron chi connectivity index (χ1n) is 11.0. The molecule has 1 N–H and O–H groups in total. The molecule has 0 amide bonds. The summed E-state index contributed by atoms with van der Waals surface area (Å²) >= 11 is 0. The van der Waals surface area contributed by atoms with E-state index in [9.17, 15) is 0 Å². The van der Waals surface area contributed by atoms with Gasteiger partial charge in [-0.2, -0.15) is 5.10 Å². The lowest BCUT2D eigenvalue weighted by molar-refractivity contribution is 0.345. The molecule has 0 saturated heterocycles. The van der Waals surface area contributed by atoms with Gasteiger partial charge in [0, 0.05) is 40.2 Å². The monoisotopic (exact) mass is 444 g/mol. The first kappa shape index (κ1) is 21.2. The number of hydrogen-bond acceptors (Lipinski definition) is 6. The van der Waals surface area contributed by atoms with Crippen LogP contribution in [-0.2, 0) is 12.0 Å². The maximum atomic E-state index is 5.80. The van der Waals surface area contributed by atoms with Crippen molar-refractivity contribution in [1.29, 1.82) is 0 Å². The van der Waals surface area contributed by atoms with E-state index in [0.717, 1.165) is 67.5 Å². The highest BCUT2D eigenvalue weighted by Gasteiger charge is 2.22. The largest absolute Gasteiger partial charge is 0.496 e. The zero-order valence-electron chi connectivity index (χ0n) is 20.1. The van der Waals surface area contributed by atoms with E-state index in [1.54, 1.807) is 7.11 Å². The minimum Gasteiger partial charge on any atom is -0.496 e. The van der Waals surface area contributed by atoms with Gasteiger partial charge in [-0.05, 0) is 59.7 Å². The normalized spacial score (nSPS) is 12.2. The summed E-state index contributed by atoms with van der Waals surface area (Å²) in [5, 5.41) is 10.7. The third kappa shape index (κ3) is 3.46. The van der Waals surface area contributed by atoms with Crippen molar-refractivity contribution in [3.8, 4) is 16.9 Å². The number of rotatable bonds is 4. The minimum absolute atomic E-state index is 0.118. The molecule has 5 aromatic rings. The number of methoxy groups -OCH3 is 1. The van der Waals surface area contributed by atoms with Crippen LogP contribution < -0.4 is 4.74 Å². The lowest BCUT2D eigenvalue weighted by atomic mass is 10.00. The zero-order valence-corrected chi connectivity index (χ0v) is 20.1. The van der Waals surface area contributed by atoms with E-state index < -0.39 is 0 Å². The molecule has 0 aliphatic carbocycles. The van der Waals surface area contributed by atoms with Crippen molar-refractivity contribution in [3.63, 3.8) is 0 Å². The molecule has 8 heteroatoms. The van der Waals surface area contributed by atoms with Gasteiger partial charge in [0.1, 0.15) is 23.0 Å². The van der Waals surface area contributed by atoms with Crippen LogP contribution in [0.1, 0.15) is 49.4 Å². The van der Waals surface area contributed by atoms with Crippen molar-refractivity contribution in [3.05, 3.63) is 53.1 Å². The molecule has 1 aromatic carbocycles. The van der Waals surface area contributed by atoms with Crippen LogP contribution in [0.5, 0.6) is 5.75 Å². The summed E-state index contributed by atoms with van der Waals surface area (Å²) < 4.78 is 13.3. The molecular weight excluding hydrogens is 416 g/mol. The molecule has 4 heterocycles. The lowest BCUT2D eigenvalue weighted by Crippen LogP contribution is -2.25. The number of H-pyrrole nitrogens is 1. The van der Waals surface area contributed by atoms with Crippen LogP contribution in [0.4, 0.5) is 0 Å². The van der Waals surface area contributed by atoms with Gasteiger partial charge in [0.25, 0.3) is 0 Å². The third-order valence-electron chi connectivity index (χ3n) is 5.97. The Morgan fingerprint density at radius 2 is 1.91 bits per heavy atom. The van der Waals surface area contributed by atoms with E-state index >= 15 is 0 Å². The number of ether oxygens (including phenoxy) is 1. The fraction of sp³-hybridized carbons (Fsp3) is 0.360. The Bertz CT molecular complexity index is 1480. The van der Waals surface area contributed by atoms with Crippen LogP contribution >= 0.6 is 0 Å². The molecule has 0 atom stereocenters. The number of nitrogens with one attached hydrogen (secondary N) is 1. The molecule has 0 unspecified atom stereocenters. The molecule has 0 aliphatic rings. The van der Waals surface area contributed by atoms with Gasteiger partial charge in [0.15, 0.2) is 0 Å². The highest BCUT2D eigenvalue weighted by Crippen LogP contribution is 2.40. The summed E-state index contributed by atoms with van der Waals surface area (Å²) in [6, 6.07) is 6.19. The third-order valence-corrected chi connectivity index (χ3v) is 5.97. The minimum atomic E-state index is -0.118. The highest BCUT2D eigenvalue weighted by atomic mass is 16.5. The summed E-state index contributed by atoms with van der Waals surface area (Å²) in [5.41, 5.74) is 6.44. The zero-order chi connectivity index (χ0) is 23.5. The van der Waals surface area contributed by atoms with Gasteiger partial charge in [0.05, 0.1) is 29.6 Å². The van der Waals surface area contributed by atoms with Crippen LogP contribution in [0.3, 0.4) is 0 Å². The number of aryl methyl sites for hydroxylation is 3. The van der Waals surface area contributed by atoms with E-state index in [1.165, 1.54) is 0 Å². The van der Waals surface area contributed by atoms with Crippen molar-refractivity contribution in [1.82, 2.24) is 29.9 Å². The van der Waals surface area contributed by atoms with Gasteiger partial charge in [-0.15, -0.1) is 0 Å².